The molecule has 0 saturated heterocycles. The summed E-state index contributed by atoms with van der Waals surface area (Å²) in [5.74, 6) is 0.312. The van der Waals surface area contributed by atoms with Crippen LogP contribution in [0.25, 0.3) is 16.8 Å². The van der Waals surface area contributed by atoms with Gasteiger partial charge in [0.25, 0.3) is 0 Å². The van der Waals surface area contributed by atoms with E-state index < -0.39 is 0 Å². The van der Waals surface area contributed by atoms with E-state index in [0.717, 1.165) is 16.3 Å². The van der Waals surface area contributed by atoms with Gasteiger partial charge in [-0.2, -0.15) is 4.58 Å². The van der Waals surface area contributed by atoms with Crippen LogP contribution in [0.4, 0.5) is 5.69 Å². The van der Waals surface area contributed by atoms with Crippen LogP contribution in [0.3, 0.4) is 0 Å². The van der Waals surface area contributed by atoms with Crippen LogP contribution >= 0.6 is 0 Å². The third-order valence-electron chi connectivity index (χ3n) is 5.30. The lowest BCUT2D eigenvalue weighted by Gasteiger charge is -2.15. The summed E-state index contributed by atoms with van der Waals surface area (Å²) in [6.07, 6.45) is 4.18. The first-order chi connectivity index (χ1) is 12.0. The summed E-state index contributed by atoms with van der Waals surface area (Å²) in [6, 6.07) is 20.4. The van der Waals surface area contributed by atoms with E-state index in [1.807, 2.05) is 24.3 Å². The molecule has 3 heteroatoms. The summed E-state index contributed by atoms with van der Waals surface area (Å²) in [6.45, 7) is 4.50. The van der Waals surface area contributed by atoms with Gasteiger partial charge in [-0.15, -0.1) is 0 Å². The van der Waals surface area contributed by atoms with Crippen LogP contribution in [-0.4, -0.2) is 22.4 Å². The quantitative estimate of drug-likeness (QED) is 0.647. The van der Waals surface area contributed by atoms with Crippen LogP contribution in [-0.2, 0) is 5.41 Å². The number of nitrogens with zero attached hydrogens (tertiary/aromatic N) is 1. The van der Waals surface area contributed by atoms with Crippen molar-refractivity contribution < 1.29 is 26.7 Å². The number of para-hydroxylation sites is 1. The molecule has 0 unspecified atom stereocenters. The fourth-order valence-electron chi connectivity index (χ4n) is 3.92. The van der Waals surface area contributed by atoms with E-state index in [0.29, 0.717) is 5.75 Å². The number of aromatic hydroxyl groups is 1. The highest BCUT2D eigenvalue weighted by molar-refractivity contribution is 6.06. The number of hydrogen-bond acceptors (Lipinski definition) is 1. The maximum Gasteiger partial charge on any atom is 0.209 e. The zero-order chi connectivity index (χ0) is 17.6. The molecule has 2 nitrogen and oxygen atoms in total. The molecule has 3 aromatic carbocycles. The van der Waals surface area contributed by atoms with Gasteiger partial charge in [0.15, 0.2) is 5.71 Å². The van der Waals surface area contributed by atoms with E-state index in [9.17, 15) is 5.11 Å². The molecule has 1 N–H and O–H groups in total. The van der Waals surface area contributed by atoms with Gasteiger partial charge in [-0.25, -0.2) is 0 Å². The normalized spacial score (nSPS) is 15.3. The van der Waals surface area contributed by atoms with E-state index in [1.165, 1.54) is 17.0 Å². The number of fused-ring (bicyclic) bond motifs is 2. The molecule has 0 radical (unpaired) electrons. The molecule has 1 aliphatic rings. The topological polar surface area (TPSA) is 23.2 Å². The summed E-state index contributed by atoms with van der Waals surface area (Å²) in [4.78, 5) is 0. The van der Waals surface area contributed by atoms with E-state index >= 15 is 0 Å². The van der Waals surface area contributed by atoms with E-state index in [2.05, 4.69) is 67.9 Å². The molecule has 0 saturated carbocycles. The molecule has 0 atom stereocenters. The average molecular weight is 408 g/mol. The maximum absolute atomic E-state index is 10.4. The Morgan fingerprint density at radius 3 is 2.35 bits per heavy atom. The van der Waals surface area contributed by atoms with Crippen molar-refractivity contribution in [2.24, 2.45) is 0 Å². The summed E-state index contributed by atoms with van der Waals surface area (Å²) >= 11 is 0. The van der Waals surface area contributed by atoms with Crippen LogP contribution in [0.5, 0.6) is 5.75 Å². The molecular formula is C23H22BrNO. The van der Waals surface area contributed by atoms with E-state index in [1.54, 1.807) is 6.07 Å². The van der Waals surface area contributed by atoms with Crippen molar-refractivity contribution in [2.75, 3.05) is 7.05 Å². The summed E-state index contributed by atoms with van der Waals surface area (Å²) in [5.41, 5.74) is 4.60. The monoisotopic (exact) mass is 407 g/mol. The van der Waals surface area contributed by atoms with Gasteiger partial charge in [-0.3, -0.25) is 0 Å². The van der Waals surface area contributed by atoms with Crippen LogP contribution in [0.15, 0.2) is 66.7 Å². The van der Waals surface area contributed by atoms with Crippen molar-refractivity contribution in [1.29, 1.82) is 0 Å². The van der Waals surface area contributed by atoms with Crippen molar-refractivity contribution in [1.82, 2.24) is 0 Å². The first-order valence-electron chi connectivity index (χ1n) is 8.59. The minimum Gasteiger partial charge on any atom is -1.00 e. The predicted molar refractivity (Wildman–Crippen MR) is 105 cm³/mol. The third kappa shape index (κ3) is 2.77. The number of phenols is 1. The fraction of sp³-hybridized carbons (Fsp3) is 0.174. The highest BCUT2D eigenvalue weighted by Gasteiger charge is 2.42. The molecule has 0 aromatic heterocycles. The molecule has 0 amide bonds. The molecule has 0 aliphatic carbocycles. The molecule has 0 spiro atoms. The highest BCUT2D eigenvalue weighted by Crippen LogP contribution is 2.39. The van der Waals surface area contributed by atoms with Crippen molar-refractivity contribution in [2.45, 2.75) is 19.3 Å². The number of rotatable bonds is 2. The van der Waals surface area contributed by atoms with Gasteiger partial charge in [-0.05, 0) is 36.8 Å². The number of allylic oxidation sites excluding steroid dienone is 1. The van der Waals surface area contributed by atoms with Crippen LogP contribution in [0.1, 0.15) is 25.0 Å². The largest absolute Gasteiger partial charge is 1.00 e. The second-order valence-corrected chi connectivity index (χ2v) is 7.14. The van der Waals surface area contributed by atoms with Gasteiger partial charge < -0.3 is 22.1 Å². The molecule has 1 heterocycles. The van der Waals surface area contributed by atoms with Crippen LogP contribution < -0.4 is 17.0 Å². The number of phenolic OH excluding ortho intramolecular Hbond substituents is 1. The lowest BCUT2D eigenvalue weighted by Crippen LogP contribution is -3.00. The summed E-state index contributed by atoms with van der Waals surface area (Å²) in [7, 11) is 2.11. The van der Waals surface area contributed by atoms with E-state index in [4.69, 9.17) is 0 Å². The van der Waals surface area contributed by atoms with Crippen molar-refractivity contribution in [3.8, 4) is 5.75 Å². The van der Waals surface area contributed by atoms with Crippen LogP contribution in [0.2, 0.25) is 0 Å². The van der Waals surface area contributed by atoms with Gasteiger partial charge in [0, 0.05) is 23.3 Å². The second-order valence-electron chi connectivity index (χ2n) is 7.14. The average Bonchev–Trinajstić information content (AvgIpc) is 2.81. The Morgan fingerprint density at radius 2 is 1.58 bits per heavy atom. The van der Waals surface area contributed by atoms with Gasteiger partial charge >= 0.3 is 0 Å². The van der Waals surface area contributed by atoms with Gasteiger partial charge in [-0.1, -0.05) is 48.5 Å². The Balaban J connectivity index is 0.00000196. The van der Waals surface area contributed by atoms with Gasteiger partial charge in [0.1, 0.15) is 12.8 Å². The van der Waals surface area contributed by atoms with Crippen molar-refractivity contribution >= 4 is 28.2 Å². The molecule has 1 aliphatic heterocycles. The van der Waals surface area contributed by atoms with Gasteiger partial charge in [0.05, 0.1) is 5.41 Å². The Labute approximate surface area is 164 Å². The molecule has 0 fully saturated rings. The maximum atomic E-state index is 10.4. The standard InChI is InChI=1S/C23H21NO.BrH/c1-23(2)19-10-6-7-11-20(19)24(3)22(23)15-13-18-17-9-5-4-8-16(17)12-14-21(18)25;/h4-15H,1-3H3;1H. The highest BCUT2D eigenvalue weighted by atomic mass is 79.9. The zero-order valence-corrected chi connectivity index (χ0v) is 16.8. The first kappa shape index (κ1) is 18.4. The van der Waals surface area contributed by atoms with Gasteiger partial charge in [0.2, 0.25) is 5.69 Å². The number of halogens is 1. The lowest BCUT2D eigenvalue weighted by molar-refractivity contribution is -0.401. The zero-order valence-electron chi connectivity index (χ0n) is 15.2. The number of benzene rings is 3. The Hall–Kier alpha value is -2.39. The molecular weight excluding hydrogens is 386 g/mol. The smallest absolute Gasteiger partial charge is 0.209 e. The van der Waals surface area contributed by atoms with E-state index in [-0.39, 0.29) is 22.4 Å². The molecule has 132 valence electrons. The first-order valence-corrected chi connectivity index (χ1v) is 8.59. The van der Waals surface area contributed by atoms with Crippen LogP contribution in [0, 0.1) is 0 Å². The number of hydrogen-bond donors (Lipinski definition) is 1. The predicted octanol–water partition coefficient (Wildman–Crippen LogP) is 2.27. The fourth-order valence-corrected chi connectivity index (χ4v) is 3.92. The molecule has 0 bridgehead atoms. The molecule has 4 rings (SSSR count). The minimum atomic E-state index is -0.0674. The summed E-state index contributed by atoms with van der Waals surface area (Å²) < 4.78 is 2.24. The van der Waals surface area contributed by atoms with Crippen molar-refractivity contribution in [3.05, 3.63) is 77.9 Å². The SMILES string of the molecule is C[N+]1=C(/C=C/c2c(O)ccc3ccccc23)C(C)(C)c2ccccc21.[Br-]. The summed E-state index contributed by atoms with van der Waals surface area (Å²) in [5, 5.41) is 12.6. The third-order valence-corrected chi connectivity index (χ3v) is 5.30. The van der Waals surface area contributed by atoms with Crippen molar-refractivity contribution in [3.63, 3.8) is 0 Å². The Morgan fingerprint density at radius 1 is 0.885 bits per heavy atom. The second kappa shape index (κ2) is 6.73. The molecule has 3 aromatic rings. The minimum absolute atomic E-state index is 0. The molecule has 26 heavy (non-hydrogen) atoms. The Kier molecular flexibility index (Phi) is 4.76. The Bertz CT molecular complexity index is 1050. The lowest BCUT2D eigenvalue weighted by atomic mass is 9.81.